The molecule has 5 heteroatoms. The van der Waals surface area contributed by atoms with Crippen LogP contribution in [0.15, 0.2) is 0 Å². The quantitative estimate of drug-likeness (QED) is 0.919. The summed E-state index contributed by atoms with van der Waals surface area (Å²) in [5.74, 6) is 0.663. The van der Waals surface area contributed by atoms with E-state index in [1.165, 1.54) is 0 Å². The number of hydrogen-bond donors (Lipinski definition) is 1. The fraction of sp³-hybridized carbons (Fsp3) is 0.786. The molecule has 1 atom stereocenters. The second-order valence-corrected chi connectivity index (χ2v) is 6.10. The topological polar surface area (TPSA) is 33.1 Å². The molecule has 1 aliphatic rings. The molecular weight excluding hydrogens is 260 g/mol. The van der Waals surface area contributed by atoms with E-state index < -0.39 is 0 Å². The molecule has 2 rings (SSSR count). The van der Waals surface area contributed by atoms with Gasteiger partial charge in [-0.2, -0.15) is 5.10 Å². The molecule has 0 amide bonds. The van der Waals surface area contributed by atoms with Crippen LogP contribution in [0, 0.1) is 5.92 Å². The van der Waals surface area contributed by atoms with Gasteiger partial charge in [0, 0.05) is 39.3 Å². The summed E-state index contributed by atoms with van der Waals surface area (Å²) in [4.78, 5) is 2.48. The van der Waals surface area contributed by atoms with Crippen LogP contribution in [0.4, 0.5) is 0 Å². The Kier molecular flexibility index (Phi) is 4.87. The highest BCUT2D eigenvalue weighted by Gasteiger charge is 2.23. The van der Waals surface area contributed by atoms with Gasteiger partial charge in [0.2, 0.25) is 0 Å². The number of nitrogens with zero attached hydrogens (tertiary/aromatic N) is 3. The minimum absolute atomic E-state index is 0.575. The molecule has 1 aromatic heterocycles. The Balaban J connectivity index is 2.06. The van der Waals surface area contributed by atoms with E-state index >= 15 is 0 Å². The highest BCUT2D eigenvalue weighted by atomic mass is 35.5. The summed E-state index contributed by atoms with van der Waals surface area (Å²) in [5, 5.41) is 8.93. The molecule has 1 unspecified atom stereocenters. The van der Waals surface area contributed by atoms with Crippen molar-refractivity contribution in [1.82, 2.24) is 20.0 Å². The minimum Gasteiger partial charge on any atom is -0.311 e. The minimum atomic E-state index is 0.575. The molecule has 108 valence electrons. The van der Waals surface area contributed by atoms with E-state index in [-0.39, 0.29) is 0 Å². The number of nitrogens with one attached hydrogen (secondary N) is 1. The number of rotatable bonds is 4. The van der Waals surface area contributed by atoms with Gasteiger partial charge < -0.3 is 5.32 Å². The van der Waals surface area contributed by atoms with E-state index in [9.17, 15) is 0 Å². The fourth-order valence-electron chi connectivity index (χ4n) is 2.64. The molecule has 0 spiro atoms. The van der Waals surface area contributed by atoms with E-state index in [1.54, 1.807) is 0 Å². The summed E-state index contributed by atoms with van der Waals surface area (Å²) < 4.78 is 1.94. The molecule has 19 heavy (non-hydrogen) atoms. The van der Waals surface area contributed by atoms with Crippen LogP contribution in [-0.4, -0.2) is 40.4 Å². The summed E-state index contributed by atoms with van der Waals surface area (Å²) in [7, 11) is 1.99. The van der Waals surface area contributed by atoms with E-state index in [4.69, 9.17) is 11.6 Å². The van der Waals surface area contributed by atoms with Gasteiger partial charge in [-0.1, -0.05) is 32.4 Å². The van der Waals surface area contributed by atoms with Gasteiger partial charge in [0.1, 0.15) is 0 Å². The molecule has 1 aromatic rings. The summed E-state index contributed by atoms with van der Waals surface area (Å²) in [6.07, 6.45) is 0.892. The highest BCUT2D eigenvalue weighted by Crippen LogP contribution is 2.23. The van der Waals surface area contributed by atoms with Crippen molar-refractivity contribution in [3.8, 4) is 0 Å². The van der Waals surface area contributed by atoms with E-state index in [2.05, 4.69) is 36.1 Å². The lowest BCUT2D eigenvalue weighted by molar-refractivity contribution is 0.165. The molecule has 1 N–H and O–H groups in total. The monoisotopic (exact) mass is 284 g/mol. The van der Waals surface area contributed by atoms with Crippen molar-refractivity contribution in [1.29, 1.82) is 0 Å². The Morgan fingerprint density at radius 1 is 1.47 bits per heavy atom. The van der Waals surface area contributed by atoms with Gasteiger partial charge in [-0.05, 0) is 12.3 Å². The van der Waals surface area contributed by atoms with Gasteiger partial charge in [-0.15, -0.1) is 0 Å². The second kappa shape index (κ2) is 6.25. The molecule has 0 saturated carbocycles. The lowest BCUT2D eigenvalue weighted by Crippen LogP contribution is -2.52. The van der Waals surface area contributed by atoms with Crippen molar-refractivity contribution in [3.63, 3.8) is 0 Å². The van der Waals surface area contributed by atoms with Crippen molar-refractivity contribution >= 4 is 11.6 Å². The SMILES string of the molecule is CCc1nn(C)c(CN2CCNC(C(C)C)C2)c1Cl. The Labute approximate surface area is 121 Å². The first-order valence-electron chi connectivity index (χ1n) is 7.18. The second-order valence-electron chi connectivity index (χ2n) is 5.72. The van der Waals surface area contributed by atoms with Crippen molar-refractivity contribution < 1.29 is 0 Å². The predicted molar refractivity (Wildman–Crippen MR) is 79.5 cm³/mol. The Morgan fingerprint density at radius 2 is 2.21 bits per heavy atom. The smallest absolute Gasteiger partial charge is 0.0863 e. The third kappa shape index (κ3) is 3.30. The van der Waals surface area contributed by atoms with Crippen LogP contribution >= 0.6 is 11.6 Å². The van der Waals surface area contributed by atoms with Crippen molar-refractivity contribution in [3.05, 3.63) is 16.4 Å². The van der Waals surface area contributed by atoms with Gasteiger partial charge in [-0.25, -0.2) is 0 Å². The summed E-state index contributed by atoms with van der Waals surface area (Å²) in [6.45, 7) is 10.7. The third-order valence-corrected chi connectivity index (χ3v) is 4.41. The van der Waals surface area contributed by atoms with Crippen LogP contribution < -0.4 is 5.32 Å². The predicted octanol–water partition coefficient (Wildman–Crippen LogP) is 2.07. The maximum absolute atomic E-state index is 6.42. The van der Waals surface area contributed by atoms with Crippen LogP contribution in [0.5, 0.6) is 0 Å². The van der Waals surface area contributed by atoms with Crippen molar-refractivity contribution in [2.75, 3.05) is 19.6 Å². The standard InChI is InChI=1S/C14H25ClN4/c1-5-11-14(15)13(18(4)17-11)9-19-7-6-16-12(8-19)10(2)3/h10,12,16H,5-9H2,1-4H3. The van der Waals surface area contributed by atoms with Crippen LogP contribution in [-0.2, 0) is 20.0 Å². The molecule has 0 radical (unpaired) electrons. The van der Waals surface area contributed by atoms with Crippen LogP contribution in [0.1, 0.15) is 32.2 Å². The lowest BCUT2D eigenvalue weighted by atomic mass is 10.0. The lowest BCUT2D eigenvalue weighted by Gasteiger charge is -2.35. The molecule has 0 aliphatic carbocycles. The van der Waals surface area contributed by atoms with Crippen LogP contribution in [0.3, 0.4) is 0 Å². The molecule has 0 bridgehead atoms. The molecule has 1 saturated heterocycles. The summed E-state index contributed by atoms with van der Waals surface area (Å²) >= 11 is 6.42. The summed E-state index contributed by atoms with van der Waals surface area (Å²) in [6, 6.07) is 0.575. The van der Waals surface area contributed by atoms with Gasteiger partial charge >= 0.3 is 0 Å². The van der Waals surface area contributed by atoms with Crippen LogP contribution in [0.25, 0.3) is 0 Å². The molecule has 1 aliphatic heterocycles. The average molecular weight is 285 g/mol. The number of aromatic nitrogens is 2. The first-order valence-corrected chi connectivity index (χ1v) is 7.56. The molecule has 1 fully saturated rings. The zero-order valence-electron chi connectivity index (χ0n) is 12.4. The normalized spacial score (nSPS) is 21.3. The largest absolute Gasteiger partial charge is 0.311 e. The highest BCUT2D eigenvalue weighted by molar-refractivity contribution is 6.31. The van der Waals surface area contributed by atoms with Crippen molar-refractivity contribution in [2.24, 2.45) is 13.0 Å². The van der Waals surface area contributed by atoms with E-state index in [0.29, 0.717) is 12.0 Å². The van der Waals surface area contributed by atoms with Crippen molar-refractivity contribution in [2.45, 2.75) is 39.8 Å². The Bertz CT molecular complexity index is 427. The van der Waals surface area contributed by atoms with Gasteiger partial charge in [0.25, 0.3) is 0 Å². The maximum atomic E-state index is 6.42. The Morgan fingerprint density at radius 3 is 2.79 bits per heavy atom. The number of piperazine rings is 1. The molecule has 2 heterocycles. The van der Waals surface area contributed by atoms with Gasteiger partial charge in [0.05, 0.1) is 16.4 Å². The van der Waals surface area contributed by atoms with E-state index in [1.807, 2.05) is 11.7 Å². The molecule has 4 nitrogen and oxygen atoms in total. The number of halogens is 1. The summed E-state index contributed by atoms with van der Waals surface area (Å²) in [5.41, 5.74) is 2.15. The molecular formula is C14H25ClN4. The van der Waals surface area contributed by atoms with E-state index in [0.717, 1.165) is 49.0 Å². The first kappa shape index (κ1) is 14.8. The first-order chi connectivity index (χ1) is 9.02. The Hall–Kier alpha value is -0.580. The molecule has 0 aromatic carbocycles. The maximum Gasteiger partial charge on any atom is 0.0863 e. The average Bonchev–Trinajstić information content (AvgIpc) is 2.66. The number of aryl methyl sites for hydroxylation is 2. The number of hydrogen-bond acceptors (Lipinski definition) is 3. The fourth-order valence-corrected chi connectivity index (χ4v) is 2.99. The van der Waals surface area contributed by atoms with Gasteiger partial charge in [-0.3, -0.25) is 9.58 Å². The van der Waals surface area contributed by atoms with Crippen LogP contribution in [0.2, 0.25) is 5.02 Å². The van der Waals surface area contributed by atoms with Gasteiger partial charge in [0.15, 0.2) is 0 Å². The zero-order valence-corrected chi connectivity index (χ0v) is 13.2. The zero-order chi connectivity index (χ0) is 14.0. The third-order valence-electron chi connectivity index (χ3n) is 3.97.